The molecule has 1 spiro atoms. The van der Waals surface area contributed by atoms with Gasteiger partial charge in [0.15, 0.2) is 8.07 Å². The standard InChI is InChI=1S/C70H48N4Si/c1-7-21-49(22-8-1)61-62(50-23-9-2-10-24-50)66(54-31-17-6-18-32-54)75(65(61)53-29-15-5-16-30-53)67(55-35-39-59(40-36-55)73-47-43-57-33-19-45-71-69(57)73)63(51-25-11-3-12-26-51)64(52-27-13-4-14-28-52)68(75)56-37-41-60(42-38-56)74-48-44-58-34-20-46-72-70(58)74/h1-48H. The van der Waals surface area contributed by atoms with E-state index in [1.807, 2.05) is 24.5 Å². The summed E-state index contributed by atoms with van der Waals surface area (Å²) in [6.07, 6.45) is 8.03. The second-order valence-electron chi connectivity index (χ2n) is 19.2. The van der Waals surface area contributed by atoms with Crippen molar-refractivity contribution in [1.82, 2.24) is 19.1 Å². The Balaban J connectivity index is 1.20. The first-order chi connectivity index (χ1) is 37.3. The Morgan fingerprint density at radius 2 is 0.507 bits per heavy atom. The monoisotopic (exact) mass is 972 g/mol. The molecule has 0 saturated carbocycles. The molecule has 0 saturated heterocycles. The van der Waals surface area contributed by atoms with Crippen LogP contribution in [0.25, 0.3) is 76.5 Å². The number of rotatable bonds is 10. The molecule has 5 heteroatoms. The number of benzene rings is 8. The minimum absolute atomic E-state index is 0.933. The Bertz CT molecular complexity index is 3930. The number of allylic oxidation sites excluding steroid dienone is 4. The lowest BCUT2D eigenvalue weighted by atomic mass is 9.89. The lowest BCUT2D eigenvalue weighted by Gasteiger charge is -2.37. The molecule has 0 unspecified atom stereocenters. The van der Waals surface area contributed by atoms with Crippen LogP contribution in [0.15, 0.2) is 292 Å². The van der Waals surface area contributed by atoms with Crippen molar-refractivity contribution in [2.75, 3.05) is 0 Å². The van der Waals surface area contributed by atoms with Gasteiger partial charge in [0.2, 0.25) is 0 Å². The summed E-state index contributed by atoms with van der Waals surface area (Å²) >= 11 is 0. The van der Waals surface area contributed by atoms with Gasteiger partial charge in [0.25, 0.3) is 0 Å². The summed E-state index contributed by atoms with van der Waals surface area (Å²) in [6.45, 7) is 0. The molecule has 352 valence electrons. The average molecular weight is 973 g/mol. The van der Waals surface area contributed by atoms with E-state index in [0.29, 0.717) is 0 Å². The summed E-state index contributed by atoms with van der Waals surface area (Å²) < 4.78 is 4.41. The molecule has 0 fully saturated rings. The maximum absolute atomic E-state index is 4.85. The van der Waals surface area contributed by atoms with Gasteiger partial charge in [-0.1, -0.05) is 206 Å². The molecule has 0 bridgehead atoms. The number of nitrogens with zero attached hydrogens (tertiary/aromatic N) is 4. The van der Waals surface area contributed by atoms with Gasteiger partial charge in [-0.05, 0) is 148 Å². The van der Waals surface area contributed by atoms with Crippen LogP contribution in [0.3, 0.4) is 0 Å². The third-order valence-electron chi connectivity index (χ3n) is 15.1. The van der Waals surface area contributed by atoms with Crippen LogP contribution in [0.2, 0.25) is 0 Å². The third-order valence-corrected chi connectivity index (χ3v) is 20.3. The van der Waals surface area contributed by atoms with E-state index in [1.165, 1.54) is 87.6 Å². The Morgan fingerprint density at radius 1 is 0.240 bits per heavy atom. The van der Waals surface area contributed by atoms with Crippen molar-refractivity contribution in [1.29, 1.82) is 0 Å². The van der Waals surface area contributed by atoms with E-state index < -0.39 is 8.07 Å². The molecule has 4 aromatic heterocycles. The van der Waals surface area contributed by atoms with Crippen LogP contribution in [0.1, 0.15) is 44.5 Å². The molecule has 6 heterocycles. The summed E-state index contributed by atoms with van der Waals surface area (Å²) in [5.74, 6) is 0. The van der Waals surface area contributed by atoms with Crippen LogP contribution in [0.4, 0.5) is 0 Å². The van der Waals surface area contributed by atoms with E-state index >= 15 is 0 Å². The molecule has 0 amide bonds. The maximum Gasteiger partial charge on any atom is 0.184 e. The first-order valence-electron chi connectivity index (χ1n) is 25.6. The molecule has 2 aliphatic rings. The highest BCUT2D eigenvalue weighted by molar-refractivity contribution is 7.37. The van der Waals surface area contributed by atoms with Crippen LogP contribution in [-0.4, -0.2) is 27.2 Å². The van der Waals surface area contributed by atoms with Crippen molar-refractivity contribution in [3.8, 4) is 11.4 Å². The summed E-state index contributed by atoms with van der Waals surface area (Å²) in [4.78, 5) is 9.70. The van der Waals surface area contributed by atoms with Gasteiger partial charge in [0.05, 0.1) is 0 Å². The maximum atomic E-state index is 4.85. The molecule has 12 aromatic rings. The number of hydrogen-bond acceptors (Lipinski definition) is 2. The lowest BCUT2D eigenvalue weighted by Crippen LogP contribution is -2.40. The highest BCUT2D eigenvalue weighted by Crippen LogP contribution is 2.69. The minimum Gasteiger partial charge on any atom is -0.301 e. The van der Waals surface area contributed by atoms with Crippen LogP contribution in [0.5, 0.6) is 0 Å². The molecule has 8 aromatic carbocycles. The molecular formula is C70H48N4Si. The molecular weight excluding hydrogens is 925 g/mol. The Kier molecular flexibility index (Phi) is 10.8. The largest absolute Gasteiger partial charge is 0.301 e. The zero-order valence-corrected chi connectivity index (χ0v) is 42.0. The molecule has 0 aliphatic carbocycles. The van der Waals surface area contributed by atoms with Crippen molar-refractivity contribution in [3.05, 3.63) is 336 Å². The minimum atomic E-state index is -3.71. The third kappa shape index (κ3) is 7.20. The summed E-state index contributed by atoms with van der Waals surface area (Å²) in [5.41, 5.74) is 18.5. The van der Waals surface area contributed by atoms with Crippen molar-refractivity contribution >= 4 is 73.2 Å². The SMILES string of the molecule is c1ccc(C2=C(c3ccccc3)[Si]3(C(c4ccccc4)=C2c2ccccc2)C(c2ccc(-n4ccc5cccnc54)cc2)=C(c2ccccc2)C(c2ccccc2)=C3c2ccc(-n3ccc4cccnc43)cc2)cc1. The first kappa shape index (κ1) is 44.1. The van der Waals surface area contributed by atoms with Gasteiger partial charge in [0.1, 0.15) is 11.3 Å². The van der Waals surface area contributed by atoms with Crippen LogP contribution in [0, 0.1) is 0 Å². The predicted octanol–water partition coefficient (Wildman–Crippen LogP) is 16.7. The highest BCUT2D eigenvalue weighted by atomic mass is 28.3. The summed E-state index contributed by atoms with van der Waals surface area (Å²) in [7, 11) is -3.71. The van der Waals surface area contributed by atoms with Gasteiger partial charge in [-0.2, -0.15) is 0 Å². The van der Waals surface area contributed by atoms with Gasteiger partial charge in [-0.15, -0.1) is 0 Å². The van der Waals surface area contributed by atoms with E-state index in [2.05, 4.69) is 276 Å². The van der Waals surface area contributed by atoms with Crippen molar-refractivity contribution < 1.29 is 0 Å². The Morgan fingerprint density at radius 3 is 0.800 bits per heavy atom. The molecule has 0 radical (unpaired) electrons. The Labute approximate surface area is 437 Å². The van der Waals surface area contributed by atoms with E-state index in [9.17, 15) is 0 Å². The number of aromatic nitrogens is 4. The van der Waals surface area contributed by atoms with E-state index in [4.69, 9.17) is 9.97 Å². The molecule has 14 rings (SSSR count). The fourth-order valence-electron chi connectivity index (χ4n) is 12.2. The molecule has 2 aliphatic heterocycles. The number of fused-ring (bicyclic) bond motifs is 2. The van der Waals surface area contributed by atoms with Crippen LogP contribution < -0.4 is 0 Å². The molecule has 0 N–H and O–H groups in total. The molecule has 4 nitrogen and oxygen atoms in total. The normalized spacial score (nSPS) is 14.3. The number of hydrogen-bond donors (Lipinski definition) is 0. The van der Waals surface area contributed by atoms with Gasteiger partial charge < -0.3 is 9.13 Å². The van der Waals surface area contributed by atoms with E-state index in [0.717, 1.165) is 33.4 Å². The molecule has 75 heavy (non-hydrogen) atoms. The van der Waals surface area contributed by atoms with Crippen molar-refractivity contribution in [2.45, 2.75) is 0 Å². The number of pyridine rings is 2. The Hall–Kier alpha value is -9.68. The van der Waals surface area contributed by atoms with Gasteiger partial charge in [-0.25, -0.2) is 9.97 Å². The predicted molar refractivity (Wildman–Crippen MR) is 314 cm³/mol. The fraction of sp³-hybridized carbons (Fsp3) is 0. The first-order valence-corrected chi connectivity index (χ1v) is 27.6. The van der Waals surface area contributed by atoms with Crippen LogP contribution >= 0.6 is 0 Å². The second-order valence-corrected chi connectivity index (χ2v) is 22.7. The van der Waals surface area contributed by atoms with E-state index in [1.54, 1.807) is 0 Å². The smallest absolute Gasteiger partial charge is 0.184 e. The fourth-order valence-corrected chi connectivity index (χ4v) is 18.6. The zero-order valence-electron chi connectivity index (χ0n) is 41.0. The second kappa shape index (κ2) is 18.4. The van der Waals surface area contributed by atoms with Crippen molar-refractivity contribution in [3.63, 3.8) is 0 Å². The topological polar surface area (TPSA) is 35.6 Å². The van der Waals surface area contributed by atoms with Crippen LogP contribution in [-0.2, 0) is 0 Å². The summed E-state index contributed by atoms with van der Waals surface area (Å²) in [5, 5.41) is 7.65. The van der Waals surface area contributed by atoms with E-state index in [-0.39, 0.29) is 0 Å². The average Bonchev–Trinajstić information content (AvgIpc) is 4.45. The lowest BCUT2D eigenvalue weighted by molar-refractivity contribution is 1.09. The zero-order chi connectivity index (χ0) is 49.7. The highest BCUT2D eigenvalue weighted by Gasteiger charge is 2.60. The van der Waals surface area contributed by atoms with Gasteiger partial charge >= 0.3 is 0 Å². The summed E-state index contributed by atoms with van der Waals surface area (Å²) in [6, 6.07) is 98.8. The quantitative estimate of drug-likeness (QED) is 0.128. The van der Waals surface area contributed by atoms with Crippen molar-refractivity contribution in [2.24, 2.45) is 0 Å². The molecule has 0 atom stereocenters. The van der Waals surface area contributed by atoms with Gasteiger partial charge in [-0.3, -0.25) is 0 Å². The van der Waals surface area contributed by atoms with Gasteiger partial charge in [0, 0.05) is 46.9 Å².